The molecule has 0 aromatic heterocycles. The van der Waals surface area contributed by atoms with Gasteiger partial charge in [0.05, 0.1) is 25.6 Å². The minimum atomic E-state index is -0.291. The number of benzene rings is 2. The van der Waals surface area contributed by atoms with Gasteiger partial charge in [-0.2, -0.15) is 0 Å². The quantitative estimate of drug-likeness (QED) is 0.747. The van der Waals surface area contributed by atoms with Crippen LogP contribution in [0.4, 0.5) is 10.1 Å². The van der Waals surface area contributed by atoms with Crippen LogP contribution in [0.15, 0.2) is 60.6 Å². The van der Waals surface area contributed by atoms with Crippen molar-refractivity contribution in [3.63, 3.8) is 0 Å². The van der Waals surface area contributed by atoms with E-state index in [-0.39, 0.29) is 5.82 Å². The number of rotatable bonds is 7. The van der Waals surface area contributed by atoms with Gasteiger partial charge in [0.15, 0.2) is 0 Å². The number of piperidine rings is 1. The fourth-order valence-electron chi connectivity index (χ4n) is 3.91. The zero-order chi connectivity index (χ0) is 20.9. The molecule has 1 fully saturated rings. The number of hydrogen-bond acceptors (Lipinski definition) is 6. The van der Waals surface area contributed by atoms with Crippen molar-refractivity contribution in [2.75, 3.05) is 38.9 Å². The molecule has 2 aromatic rings. The number of ether oxygens (including phenoxy) is 2. The summed E-state index contributed by atoms with van der Waals surface area (Å²) in [5, 5.41) is 3.41. The maximum absolute atomic E-state index is 14.2. The van der Waals surface area contributed by atoms with E-state index in [2.05, 4.69) is 22.6 Å². The molecule has 0 saturated carbocycles. The van der Waals surface area contributed by atoms with Gasteiger partial charge in [0, 0.05) is 13.6 Å². The van der Waals surface area contributed by atoms with E-state index < -0.39 is 0 Å². The standard InChI is InChI=1S/C23H29FN4O2/c1-26-16-23(28(25-26)22-9-4-3-8-21(22)24)30-17-18-10-12-27(13-11-18)15-19-6-5-7-20(14-19)29-2/h3-9,14,16,18,25H,10-13,15,17H2,1-2H3. The van der Waals surface area contributed by atoms with E-state index >= 15 is 0 Å². The van der Waals surface area contributed by atoms with Crippen LogP contribution in [0.3, 0.4) is 0 Å². The third-order valence-corrected chi connectivity index (χ3v) is 5.59. The first kappa shape index (κ1) is 20.5. The topological polar surface area (TPSA) is 40.2 Å². The number of nitrogens with one attached hydrogen (secondary N) is 1. The molecular formula is C23H29FN4O2. The Balaban J connectivity index is 1.28. The molecule has 7 heteroatoms. The molecule has 2 aromatic carbocycles. The van der Waals surface area contributed by atoms with Gasteiger partial charge in [-0.25, -0.2) is 9.40 Å². The van der Waals surface area contributed by atoms with Gasteiger partial charge >= 0.3 is 0 Å². The highest BCUT2D eigenvalue weighted by atomic mass is 19.1. The molecule has 6 nitrogen and oxygen atoms in total. The van der Waals surface area contributed by atoms with Crippen molar-refractivity contribution < 1.29 is 13.9 Å². The SMILES string of the molecule is COc1cccc(CN2CCC(COC3=CN(C)NN3c3ccccc3F)CC2)c1. The van der Waals surface area contributed by atoms with Crippen LogP contribution >= 0.6 is 0 Å². The van der Waals surface area contributed by atoms with E-state index in [9.17, 15) is 4.39 Å². The highest BCUT2D eigenvalue weighted by Crippen LogP contribution is 2.27. The third kappa shape index (κ3) is 4.86. The zero-order valence-corrected chi connectivity index (χ0v) is 17.6. The number of nitrogens with zero attached hydrogens (tertiary/aromatic N) is 3. The summed E-state index contributed by atoms with van der Waals surface area (Å²) in [7, 11) is 3.56. The molecule has 1 saturated heterocycles. The fourth-order valence-corrected chi connectivity index (χ4v) is 3.91. The van der Waals surface area contributed by atoms with E-state index in [4.69, 9.17) is 9.47 Å². The maximum Gasteiger partial charge on any atom is 0.228 e. The van der Waals surface area contributed by atoms with Gasteiger partial charge in [-0.3, -0.25) is 9.91 Å². The lowest BCUT2D eigenvalue weighted by Gasteiger charge is -2.32. The molecule has 0 radical (unpaired) electrons. The first-order chi connectivity index (χ1) is 14.6. The number of methoxy groups -OCH3 is 1. The van der Waals surface area contributed by atoms with E-state index in [1.165, 1.54) is 11.6 Å². The molecule has 0 amide bonds. The monoisotopic (exact) mass is 412 g/mol. The number of halogens is 1. The molecule has 30 heavy (non-hydrogen) atoms. The Hall–Kier alpha value is -2.77. The van der Waals surface area contributed by atoms with Crippen LogP contribution in [-0.2, 0) is 11.3 Å². The molecule has 2 heterocycles. The van der Waals surface area contributed by atoms with E-state index in [0.29, 0.717) is 24.1 Å². The second kappa shape index (κ2) is 9.36. The van der Waals surface area contributed by atoms with E-state index in [1.807, 2.05) is 31.4 Å². The fraction of sp³-hybridized carbons (Fsp3) is 0.391. The van der Waals surface area contributed by atoms with Gasteiger partial charge in [0.1, 0.15) is 11.6 Å². The van der Waals surface area contributed by atoms with Crippen molar-refractivity contribution in [3.05, 3.63) is 72.0 Å². The second-order valence-corrected chi connectivity index (χ2v) is 7.85. The van der Waals surface area contributed by atoms with Crippen molar-refractivity contribution in [1.29, 1.82) is 0 Å². The number of para-hydroxylation sites is 1. The number of hydrazine groups is 2. The molecule has 0 spiro atoms. The van der Waals surface area contributed by atoms with Gasteiger partial charge in [-0.15, -0.1) is 5.53 Å². The number of anilines is 1. The molecule has 160 valence electrons. The molecule has 4 rings (SSSR count). The zero-order valence-electron chi connectivity index (χ0n) is 17.6. The van der Waals surface area contributed by atoms with Crippen molar-refractivity contribution in [2.24, 2.45) is 5.92 Å². The average molecular weight is 413 g/mol. The smallest absolute Gasteiger partial charge is 0.228 e. The Morgan fingerprint density at radius 2 is 1.90 bits per heavy atom. The molecule has 2 aliphatic rings. The molecule has 0 unspecified atom stereocenters. The Labute approximate surface area is 177 Å². The Morgan fingerprint density at radius 3 is 2.67 bits per heavy atom. The number of hydrogen-bond donors (Lipinski definition) is 1. The summed E-state index contributed by atoms with van der Waals surface area (Å²) in [5.74, 6) is 1.71. The van der Waals surface area contributed by atoms with Crippen LogP contribution < -0.4 is 15.3 Å². The predicted octanol–water partition coefficient (Wildman–Crippen LogP) is 3.73. The largest absolute Gasteiger partial charge is 0.497 e. The summed E-state index contributed by atoms with van der Waals surface area (Å²) in [5.41, 5.74) is 4.80. The predicted molar refractivity (Wildman–Crippen MR) is 115 cm³/mol. The summed E-state index contributed by atoms with van der Waals surface area (Å²) in [6.07, 6.45) is 4.00. The Bertz CT molecular complexity index is 883. The van der Waals surface area contributed by atoms with Crippen molar-refractivity contribution in [2.45, 2.75) is 19.4 Å². The minimum absolute atomic E-state index is 0.291. The first-order valence-electron chi connectivity index (χ1n) is 10.4. The van der Waals surface area contributed by atoms with Crippen LogP contribution in [0.1, 0.15) is 18.4 Å². The average Bonchev–Trinajstić information content (AvgIpc) is 3.14. The molecule has 0 atom stereocenters. The van der Waals surface area contributed by atoms with Crippen LogP contribution in [0.25, 0.3) is 0 Å². The van der Waals surface area contributed by atoms with Crippen LogP contribution in [0.5, 0.6) is 5.75 Å². The molecule has 0 bridgehead atoms. The highest BCUT2D eigenvalue weighted by Gasteiger charge is 2.26. The van der Waals surface area contributed by atoms with Gasteiger partial charge < -0.3 is 9.47 Å². The summed E-state index contributed by atoms with van der Waals surface area (Å²) in [6.45, 7) is 3.64. The van der Waals surface area contributed by atoms with E-state index in [1.54, 1.807) is 29.3 Å². The normalized spacial score (nSPS) is 17.9. The Kier molecular flexibility index (Phi) is 6.40. The Morgan fingerprint density at radius 1 is 1.10 bits per heavy atom. The summed E-state index contributed by atoms with van der Waals surface area (Å²) in [6, 6.07) is 14.9. The summed E-state index contributed by atoms with van der Waals surface area (Å²) >= 11 is 0. The summed E-state index contributed by atoms with van der Waals surface area (Å²) < 4.78 is 25.6. The second-order valence-electron chi connectivity index (χ2n) is 7.85. The van der Waals surface area contributed by atoms with E-state index in [0.717, 1.165) is 38.2 Å². The van der Waals surface area contributed by atoms with Gasteiger partial charge in [0.25, 0.3) is 0 Å². The lowest BCUT2D eigenvalue weighted by Crippen LogP contribution is -2.40. The van der Waals surface area contributed by atoms with Crippen LogP contribution in [0.2, 0.25) is 0 Å². The minimum Gasteiger partial charge on any atom is -0.497 e. The lowest BCUT2D eigenvalue weighted by atomic mass is 9.97. The molecule has 0 aliphatic carbocycles. The van der Waals surface area contributed by atoms with Gasteiger partial charge in [-0.05, 0) is 61.7 Å². The van der Waals surface area contributed by atoms with Gasteiger partial charge in [0.2, 0.25) is 5.88 Å². The number of likely N-dealkylation sites (tertiary alicyclic amines) is 1. The van der Waals surface area contributed by atoms with Crippen LogP contribution in [-0.4, -0.2) is 43.8 Å². The lowest BCUT2D eigenvalue weighted by molar-refractivity contribution is 0.101. The molecule has 2 aliphatic heterocycles. The maximum atomic E-state index is 14.2. The molecule has 1 N–H and O–H groups in total. The van der Waals surface area contributed by atoms with Crippen molar-refractivity contribution >= 4 is 5.69 Å². The molecular weight excluding hydrogens is 383 g/mol. The van der Waals surface area contributed by atoms with Crippen molar-refractivity contribution in [1.82, 2.24) is 15.4 Å². The highest BCUT2D eigenvalue weighted by molar-refractivity contribution is 5.51. The third-order valence-electron chi connectivity index (χ3n) is 5.59. The first-order valence-corrected chi connectivity index (χ1v) is 10.4. The summed E-state index contributed by atoms with van der Waals surface area (Å²) in [4.78, 5) is 2.47. The van der Waals surface area contributed by atoms with Crippen LogP contribution in [0, 0.1) is 11.7 Å². The van der Waals surface area contributed by atoms with Crippen molar-refractivity contribution in [3.8, 4) is 5.75 Å². The van der Waals surface area contributed by atoms with Gasteiger partial charge in [-0.1, -0.05) is 24.3 Å².